The van der Waals surface area contributed by atoms with E-state index in [2.05, 4.69) is 5.10 Å². The van der Waals surface area contributed by atoms with Crippen LogP contribution in [0.4, 0.5) is 0 Å². The second-order valence-corrected chi connectivity index (χ2v) is 6.95. The minimum Gasteiger partial charge on any atom is -0.298 e. The largest absolute Gasteiger partial charge is 0.298 e. The number of carbonyl (C=O) groups excluding carboxylic acids is 1. The zero-order valence-corrected chi connectivity index (χ0v) is 11.4. The summed E-state index contributed by atoms with van der Waals surface area (Å²) in [5, 5.41) is 4.04. The van der Waals surface area contributed by atoms with Crippen molar-refractivity contribution in [1.29, 1.82) is 0 Å². The molecule has 1 aromatic rings. The van der Waals surface area contributed by atoms with Crippen molar-refractivity contribution in [2.24, 2.45) is 0 Å². The van der Waals surface area contributed by atoms with E-state index in [1.807, 2.05) is 20.8 Å². The first kappa shape index (κ1) is 13.9. The summed E-state index contributed by atoms with van der Waals surface area (Å²) in [6, 6.07) is 0. The Balaban J connectivity index is 3.49. The van der Waals surface area contributed by atoms with E-state index in [-0.39, 0.29) is 16.3 Å². The van der Waals surface area contributed by atoms with Crippen LogP contribution in [0, 0.1) is 0 Å². The third-order valence-corrected chi connectivity index (χ3v) is 4.22. The van der Waals surface area contributed by atoms with Gasteiger partial charge in [0.25, 0.3) is 0 Å². The standard InChI is InChI=1S/C11H18N2O3S/c1-5-6-17(15,16)10-9(8-14)7-12-13(10)11(2,3)4/h7-8H,5-6H2,1-4H3. The Morgan fingerprint density at radius 2 is 2.00 bits per heavy atom. The van der Waals surface area contributed by atoms with Crippen molar-refractivity contribution in [3.05, 3.63) is 11.8 Å². The van der Waals surface area contributed by atoms with Crippen LogP contribution in [0.2, 0.25) is 0 Å². The van der Waals surface area contributed by atoms with Gasteiger partial charge in [0.15, 0.2) is 21.1 Å². The Morgan fingerprint density at radius 3 is 2.41 bits per heavy atom. The van der Waals surface area contributed by atoms with E-state index >= 15 is 0 Å². The van der Waals surface area contributed by atoms with Crippen LogP contribution in [0.5, 0.6) is 0 Å². The average Bonchev–Trinajstić information content (AvgIpc) is 2.60. The maximum atomic E-state index is 12.1. The lowest BCUT2D eigenvalue weighted by atomic mass is 10.1. The van der Waals surface area contributed by atoms with Gasteiger partial charge >= 0.3 is 0 Å². The van der Waals surface area contributed by atoms with E-state index in [1.165, 1.54) is 10.9 Å². The molecular formula is C11H18N2O3S. The van der Waals surface area contributed by atoms with Crippen LogP contribution in [-0.4, -0.2) is 30.2 Å². The van der Waals surface area contributed by atoms with Gasteiger partial charge in [0.05, 0.1) is 23.1 Å². The summed E-state index contributed by atoms with van der Waals surface area (Å²) in [5.74, 6) is 0.0234. The highest BCUT2D eigenvalue weighted by molar-refractivity contribution is 7.91. The second kappa shape index (κ2) is 4.60. The van der Waals surface area contributed by atoms with Gasteiger partial charge in [0.2, 0.25) is 0 Å². The normalized spacial score (nSPS) is 12.7. The number of aromatic nitrogens is 2. The maximum Gasteiger partial charge on any atom is 0.196 e. The Hall–Kier alpha value is -1.17. The highest BCUT2D eigenvalue weighted by Crippen LogP contribution is 2.23. The molecule has 1 heterocycles. The van der Waals surface area contributed by atoms with Crippen LogP contribution in [0.15, 0.2) is 11.2 Å². The zero-order valence-electron chi connectivity index (χ0n) is 10.6. The third kappa shape index (κ3) is 2.74. The molecule has 0 aromatic carbocycles. The van der Waals surface area contributed by atoms with E-state index in [9.17, 15) is 13.2 Å². The van der Waals surface area contributed by atoms with Crippen molar-refractivity contribution < 1.29 is 13.2 Å². The molecule has 17 heavy (non-hydrogen) atoms. The van der Waals surface area contributed by atoms with E-state index in [0.717, 1.165) is 0 Å². The first-order valence-corrected chi connectivity index (χ1v) is 7.15. The van der Waals surface area contributed by atoms with E-state index in [1.54, 1.807) is 6.92 Å². The van der Waals surface area contributed by atoms with Crippen LogP contribution >= 0.6 is 0 Å². The number of nitrogens with zero attached hydrogens (tertiary/aromatic N) is 2. The van der Waals surface area contributed by atoms with Crippen LogP contribution < -0.4 is 0 Å². The summed E-state index contributed by atoms with van der Waals surface area (Å²) in [6.45, 7) is 7.33. The summed E-state index contributed by atoms with van der Waals surface area (Å²) in [7, 11) is -3.45. The van der Waals surface area contributed by atoms with Gasteiger partial charge in [-0.15, -0.1) is 0 Å². The molecule has 0 N–H and O–H groups in total. The summed E-state index contributed by atoms with van der Waals surface area (Å²) >= 11 is 0. The summed E-state index contributed by atoms with van der Waals surface area (Å²) in [4.78, 5) is 10.9. The van der Waals surface area contributed by atoms with Gasteiger partial charge in [0.1, 0.15) is 0 Å². The number of carbonyl (C=O) groups is 1. The van der Waals surface area contributed by atoms with E-state index in [4.69, 9.17) is 0 Å². The Bertz CT molecular complexity index is 509. The molecular weight excluding hydrogens is 240 g/mol. The van der Waals surface area contributed by atoms with Gasteiger partial charge in [0, 0.05) is 0 Å². The van der Waals surface area contributed by atoms with E-state index in [0.29, 0.717) is 12.7 Å². The molecule has 0 aliphatic rings. The van der Waals surface area contributed by atoms with Crippen LogP contribution in [0.3, 0.4) is 0 Å². The quantitative estimate of drug-likeness (QED) is 0.770. The third-order valence-electron chi connectivity index (χ3n) is 2.28. The average molecular weight is 258 g/mol. The van der Waals surface area contributed by atoms with Gasteiger partial charge in [-0.1, -0.05) is 6.92 Å². The number of rotatable bonds is 4. The monoisotopic (exact) mass is 258 g/mol. The smallest absolute Gasteiger partial charge is 0.196 e. The van der Waals surface area contributed by atoms with Crippen LogP contribution in [0.25, 0.3) is 0 Å². The molecule has 0 saturated carbocycles. The van der Waals surface area contributed by atoms with Gasteiger partial charge < -0.3 is 0 Å². The molecule has 0 bridgehead atoms. The van der Waals surface area contributed by atoms with Crippen molar-refractivity contribution in [3.63, 3.8) is 0 Å². The topological polar surface area (TPSA) is 69.0 Å². The molecule has 5 nitrogen and oxygen atoms in total. The van der Waals surface area contributed by atoms with Gasteiger partial charge in [-0.05, 0) is 27.2 Å². The summed E-state index contributed by atoms with van der Waals surface area (Å²) < 4.78 is 25.6. The number of hydrogen-bond acceptors (Lipinski definition) is 4. The predicted molar refractivity (Wildman–Crippen MR) is 65.0 cm³/mol. The molecule has 6 heteroatoms. The fraction of sp³-hybridized carbons (Fsp3) is 0.636. The highest BCUT2D eigenvalue weighted by Gasteiger charge is 2.29. The first-order chi connectivity index (χ1) is 7.74. The molecule has 0 unspecified atom stereocenters. The first-order valence-electron chi connectivity index (χ1n) is 5.50. The number of sulfone groups is 1. The molecule has 0 atom stereocenters. The Kier molecular flexibility index (Phi) is 3.76. The molecule has 1 aromatic heterocycles. The Morgan fingerprint density at radius 1 is 1.41 bits per heavy atom. The molecule has 0 radical (unpaired) electrons. The molecule has 0 saturated heterocycles. The molecule has 96 valence electrons. The maximum absolute atomic E-state index is 12.1. The number of aldehydes is 1. The zero-order chi connectivity index (χ0) is 13.3. The fourth-order valence-electron chi connectivity index (χ4n) is 1.59. The van der Waals surface area contributed by atoms with Crippen molar-refractivity contribution in [2.75, 3.05) is 5.75 Å². The van der Waals surface area contributed by atoms with Crippen LogP contribution in [-0.2, 0) is 15.4 Å². The molecule has 1 rings (SSSR count). The summed E-state index contributed by atoms with van der Waals surface area (Å²) in [5.41, 5.74) is -0.342. The van der Waals surface area contributed by atoms with Crippen LogP contribution in [0.1, 0.15) is 44.5 Å². The number of hydrogen-bond donors (Lipinski definition) is 0. The molecule has 0 spiro atoms. The SMILES string of the molecule is CCCS(=O)(=O)c1c(C=O)cnn1C(C)(C)C. The lowest BCUT2D eigenvalue weighted by Crippen LogP contribution is -2.28. The van der Waals surface area contributed by atoms with Gasteiger partial charge in [-0.2, -0.15) is 5.10 Å². The van der Waals surface area contributed by atoms with Crippen molar-refractivity contribution in [3.8, 4) is 0 Å². The minimum absolute atomic E-state index is 0.0234. The van der Waals surface area contributed by atoms with Crippen molar-refractivity contribution in [2.45, 2.75) is 44.7 Å². The molecule has 0 fully saturated rings. The molecule has 0 aliphatic heterocycles. The predicted octanol–water partition coefficient (Wildman–Crippen LogP) is 1.63. The molecule has 0 amide bonds. The lowest BCUT2D eigenvalue weighted by molar-refractivity contribution is 0.111. The lowest BCUT2D eigenvalue weighted by Gasteiger charge is -2.22. The molecule has 0 aliphatic carbocycles. The summed E-state index contributed by atoms with van der Waals surface area (Å²) in [6.07, 6.45) is 2.36. The van der Waals surface area contributed by atoms with Crippen molar-refractivity contribution in [1.82, 2.24) is 9.78 Å². The minimum atomic E-state index is -3.45. The fourth-order valence-corrected chi connectivity index (χ4v) is 3.36. The van der Waals surface area contributed by atoms with Gasteiger partial charge in [-0.25, -0.2) is 13.1 Å². The van der Waals surface area contributed by atoms with E-state index < -0.39 is 15.4 Å². The van der Waals surface area contributed by atoms with Gasteiger partial charge in [-0.3, -0.25) is 4.79 Å². The Labute approximate surface area is 102 Å². The second-order valence-electron chi connectivity index (χ2n) is 4.92. The highest BCUT2D eigenvalue weighted by atomic mass is 32.2. The van der Waals surface area contributed by atoms with Crippen molar-refractivity contribution >= 4 is 16.1 Å².